The maximum absolute atomic E-state index is 13.0. The molecule has 1 rings (SSSR count). The van der Waals surface area contributed by atoms with Crippen molar-refractivity contribution in [1.82, 2.24) is 0 Å². The molecule has 2 N–H and O–H groups in total. The van der Waals surface area contributed by atoms with Gasteiger partial charge in [0.05, 0.1) is 9.85 Å². The third kappa shape index (κ3) is 3.49. The largest absolute Gasteiger partial charge is 0.461 e. The van der Waals surface area contributed by atoms with E-state index in [4.69, 9.17) is 0 Å². The van der Waals surface area contributed by atoms with Crippen molar-refractivity contribution in [2.24, 2.45) is 10.7 Å². The molecule has 0 aliphatic heterocycles. The van der Waals surface area contributed by atoms with E-state index in [1.807, 2.05) is 0 Å². The first-order valence-corrected chi connectivity index (χ1v) is 5.51. The number of hydrogen-bond donors (Lipinski definition) is 1. The number of hydrogen-bond acceptors (Lipinski definition) is 5. The summed E-state index contributed by atoms with van der Waals surface area (Å²) in [5, 5.41) is 21.7. The molecule has 0 heterocycles. The highest BCUT2D eigenvalue weighted by Crippen LogP contribution is 2.41. The Bertz CT molecular complexity index is 666. The van der Waals surface area contributed by atoms with Gasteiger partial charge >= 0.3 is 23.5 Å². The molecule has 0 bridgehead atoms. The van der Waals surface area contributed by atoms with E-state index in [9.17, 15) is 42.2 Å². The van der Waals surface area contributed by atoms with Gasteiger partial charge in [0.25, 0.3) is 0 Å². The van der Waals surface area contributed by atoms with Gasteiger partial charge in [-0.25, -0.2) is 4.99 Å². The summed E-state index contributed by atoms with van der Waals surface area (Å²) in [5.41, 5.74) is 1.03. The monoisotopic (exact) mass is 342 g/mol. The van der Waals surface area contributed by atoms with Gasteiger partial charge in [0.2, 0.25) is 5.69 Å². The van der Waals surface area contributed by atoms with Crippen LogP contribution in [0.2, 0.25) is 0 Å². The highest BCUT2D eigenvalue weighted by Gasteiger charge is 2.61. The van der Waals surface area contributed by atoms with Crippen LogP contribution < -0.4 is 5.73 Å². The molecular formula is C10H7F5N4O4. The van der Waals surface area contributed by atoms with Crippen LogP contribution in [-0.4, -0.2) is 27.8 Å². The standard InChI is InChI=1S/C10H7F5N4O4/c1-4-2-5(18(20)21)7(6(3-4)19(22)23)17-8(16)9(11,12)10(13,14)15/h2-3H,1H3,(H2,16,17). The van der Waals surface area contributed by atoms with Crippen LogP contribution in [0.3, 0.4) is 0 Å². The summed E-state index contributed by atoms with van der Waals surface area (Å²) in [6.45, 7) is 1.22. The van der Waals surface area contributed by atoms with E-state index < -0.39 is 44.8 Å². The number of nitrogens with zero attached hydrogens (tertiary/aromatic N) is 3. The predicted molar refractivity (Wildman–Crippen MR) is 66.8 cm³/mol. The molecule has 0 atom stereocenters. The molecule has 0 fully saturated rings. The van der Waals surface area contributed by atoms with Crippen molar-refractivity contribution in [3.8, 4) is 0 Å². The van der Waals surface area contributed by atoms with Crippen LogP contribution in [-0.2, 0) is 0 Å². The number of nitrogens with two attached hydrogens (primary N) is 1. The summed E-state index contributed by atoms with van der Waals surface area (Å²) in [6, 6.07) is 1.45. The van der Waals surface area contributed by atoms with Crippen LogP contribution >= 0.6 is 0 Å². The Balaban J connectivity index is 3.68. The molecule has 23 heavy (non-hydrogen) atoms. The molecule has 0 aliphatic carbocycles. The summed E-state index contributed by atoms with van der Waals surface area (Å²) in [5.74, 6) is -7.96. The van der Waals surface area contributed by atoms with Crippen molar-refractivity contribution in [3.05, 3.63) is 37.9 Å². The zero-order valence-corrected chi connectivity index (χ0v) is 11.1. The summed E-state index contributed by atoms with van der Waals surface area (Å²) < 4.78 is 62.6. The minimum absolute atomic E-state index is 0.00324. The zero-order chi connectivity index (χ0) is 18.2. The number of halogens is 5. The number of rotatable bonds is 4. The van der Waals surface area contributed by atoms with Crippen molar-refractivity contribution in [1.29, 1.82) is 0 Å². The third-order valence-electron chi connectivity index (χ3n) is 2.52. The number of alkyl halides is 5. The summed E-state index contributed by atoms with van der Waals surface area (Å²) >= 11 is 0. The predicted octanol–water partition coefficient (Wildman–Crippen LogP) is 3.00. The Labute approximate surface area is 123 Å². The van der Waals surface area contributed by atoms with Gasteiger partial charge in [-0.1, -0.05) is 0 Å². The van der Waals surface area contributed by atoms with E-state index in [2.05, 4.69) is 10.7 Å². The van der Waals surface area contributed by atoms with Crippen LogP contribution in [0.5, 0.6) is 0 Å². The average molecular weight is 342 g/mol. The Kier molecular flexibility index (Phi) is 4.54. The lowest BCUT2D eigenvalue weighted by atomic mass is 10.1. The van der Waals surface area contributed by atoms with E-state index >= 15 is 0 Å². The van der Waals surface area contributed by atoms with Crippen molar-refractivity contribution < 1.29 is 31.8 Å². The molecule has 8 nitrogen and oxygen atoms in total. The van der Waals surface area contributed by atoms with Crippen LogP contribution in [0.15, 0.2) is 17.1 Å². The molecule has 126 valence electrons. The van der Waals surface area contributed by atoms with Gasteiger partial charge in [-0.2, -0.15) is 22.0 Å². The second kappa shape index (κ2) is 5.73. The molecule has 1 aromatic rings. The molecule has 0 radical (unpaired) electrons. The normalized spacial score (nSPS) is 13.0. The highest BCUT2D eigenvalue weighted by atomic mass is 19.4. The minimum Gasteiger partial charge on any atom is -0.382 e. The molecule has 0 saturated heterocycles. The van der Waals surface area contributed by atoms with E-state index in [0.29, 0.717) is 0 Å². The Morgan fingerprint density at radius 1 is 1.09 bits per heavy atom. The molecular weight excluding hydrogens is 335 g/mol. The van der Waals surface area contributed by atoms with E-state index in [1.54, 1.807) is 0 Å². The van der Waals surface area contributed by atoms with Gasteiger partial charge in [0.1, 0.15) is 0 Å². The van der Waals surface area contributed by atoms with Crippen molar-refractivity contribution in [2.45, 2.75) is 19.0 Å². The van der Waals surface area contributed by atoms with Gasteiger partial charge in [0, 0.05) is 12.1 Å². The lowest BCUT2D eigenvalue weighted by molar-refractivity contribution is -0.392. The number of benzene rings is 1. The summed E-state index contributed by atoms with van der Waals surface area (Å²) in [6.07, 6.45) is -6.12. The molecule has 0 aromatic heterocycles. The topological polar surface area (TPSA) is 125 Å². The van der Waals surface area contributed by atoms with E-state index in [0.717, 1.165) is 12.1 Å². The number of aliphatic imine (C=N–C) groups is 1. The molecule has 13 heteroatoms. The fourth-order valence-corrected chi connectivity index (χ4v) is 1.47. The first-order chi connectivity index (χ1) is 10.3. The first-order valence-electron chi connectivity index (χ1n) is 5.51. The van der Waals surface area contributed by atoms with Crippen LogP contribution in [0, 0.1) is 27.2 Å². The second-order valence-corrected chi connectivity index (χ2v) is 4.24. The van der Waals surface area contributed by atoms with Crippen molar-refractivity contribution in [2.75, 3.05) is 0 Å². The smallest absolute Gasteiger partial charge is 0.382 e. The van der Waals surface area contributed by atoms with E-state index in [1.165, 1.54) is 6.92 Å². The number of nitro groups is 2. The van der Waals surface area contributed by atoms with Gasteiger partial charge < -0.3 is 5.73 Å². The minimum atomic E-state index is -6.12. The number of aryl methyl sites for hydroxylation is 1. The summed E-state index contributed by atoms with van der Waals surface area (Å²) in [4.78, 5) is 21.9. The first kappa shape index (κ1) is 18.2. The van der Waals surface area contributed by atoms with Crippen LogP contribution in [0.25, 0.3) is 0 Å². The van der Waals surface area contributed by atoms with Gasteiger partial charge in [-0.3, -0.25) is 20.2 Å². The van der Waals surface area contributed by atoms with Gasteiger partial charge in [0.15, 0.2) is 5.84 Å². The molecule has 0 aliphatic rings. The molecule has 0 spiro atoms. The Morgan fingerprint density at radius 2 is 1.48 bits per heavy atom. The molecule has 0 unspecified atom stereocenters. The quantitative estimate of drug-likeness (QED) is 0.296. The van der Waals surface area contributed by atoms with E-state index in [-0.39, 0.29) is 5.56 Å². The van der Waals surface area contributed by atoms with Crippen LogP contribution in [0.1, 0.15) is 5.56 Å². The average Bonchev–Trinajstić information content (AvgIpc) is 2.38. The van der Waals surface area contributed by atoms with Gasteiger partial charge in [-0.05, 0) is 12.5 Å². The number of nitro benzene ring substituents is 2. The van der Waals surface area contributed by atoms with Crippen molar-refractivity contribution >= 4 is 22.9 Å². The Morgan fingerprint density at radius 3 is 1.78 bits per heavy atom. The molecule has 0 saturated carbocycles. The lowest BCUT2D eigenvalue weighted by Gasteiger charge is -2.18. The maximum Gasteiger partial charge on any atom is 0.461 e. The zero-order valence-electron chi connectivity index (χ0n) is 11.1. The fraction of sp³-hybridized carbons (Fsp3) is 0.300. The lowest BCUT2D eigenvalue weighted by Crippen LogP contribution is -2.48. The Hall–Kier alpha value is -2.86. The SMILES string of the molecule is Cc1cc([N+](=O)[O-])c(N=C(N)C(F)(F)C(F)(F)F)c([N+](=O)[O-])c1. The second-order valence-electron chi connectivity index (χ2n) is 4.24. The third-order valence-corrected chi connectivity index (χ3v) is 2.52. The molecule has 0 amide bonds. The summed E-state index contributed by atoms with van der Waals surface area (Å²) in [7, 11) is 0. The highest BCUT2D eigenvalue weighted by molar-refractivity contribution is 5.92. The maximum atomic E-state index is 13.0. The fourth-order valence-electron chi connectivity index (χ4n) is 1.47. The van der Waals surface area contributed by atoms with Crippen LogP contribution in [0.4, 0.5) is 39.0 Å². The number of amidine groups is 1. The molecule has 1 aromatic carbocycles. The van der Waals surface area contributed by atoms with Gasteiger partial charge in [-0.15, -0.1) is 0 Å². The van der Waals surface area contributed by atoms with Crippen molar-refractivity contribution in [3.63, 3.8) is 0 Å².